The molecule has 1 aromatic carbocycles. The van der Waals surface area contributed by atoms with Gasteiger partial charge in [-0.1, -0.05) is 23.7 Å². The minimum Gasteiger partial charge on any atom is -0.378 e. The summed E-state index contributed by atoms with van der Waals surface area (Å²) in [6.07, 6.45) is 4.37. The SMILES string of the molecule is NCCCOC1CCN(C(=O)CCc2ccc(Cl)cc2)CC1. The largest absolute Gasteiger partial charge is 0.378 e. The maximum absolute atomic E-state index is 12.2. The first kappa shape index (κ1) is 17.3. The van der Waals surface area contributed by atoms with Gasteiger partial charge in [-0.3, -0.25) is 4.79 Å². The molecule has 0 aromatic heterocycles. The minimum atomic E-state index is 0.232. The maximum Gasteiger partial charge on any atom is 0.222 e. The number of halogens is 1. The van der Waals surface area contributed by atoms with Gasteiger partial charge in [-0.2, -0.15) is 0 Å². The van der Waals surface area contributed by atoms with Crippen molar-refractivity contribution in [1.82, 2.24) is 4.90 Å². The molecular formula is C17H25ClN2O2. The number of amides is 1. The Morgan fingerprint density at radius 2 is 1.95 bits per heavy atom. The summed E-state index contributed by atoms with van der Waals surface area (Å²) < 4.78 is 5.76. The van der Waals surface area contributed by atoms with Gasteiger partial charge >= 0.3 is 0 Å². The number of aryl methyl sites for hydroxylation is 1. The highest BCUT2D eigenvalue weighted by Gasteiger charge is 2.22. The molecule has 1 heterocycles. The second-order valence-corrected chi connectivity index (χ2v) is 6.16. The highest BCUT2D eigenvalue weighted by molar-refractivity contribution is 6.30. The van der Waals surface area contributed by atoms with Gasteiger partial charge in [0.1, 0.15) is 0 Å². The molecule has 1 aliphatic heterocycles. The summed E-state index contributed by atoms with van der Waals surface area (Å²) in [5.41, 5.74) is 6.61. The third-order valence-corrected chi connectivity index (χ3v) is 4.29. The van der Waals surface area contributed by atoms with Gasteiger partial charge in [0.25, 0.3) is 0 Å². The molecule has 0 saturated carbocycles. The van der Waals surface area contributed by atoms with Gasteiger partial charge in [0, 0.05) is 31.1 Å². The van der Waals surface area contributed by atoms with Crippen molar-refractivity contribution in [2.75, 3.05) is 26.2 Å². The fourth-order valence-corrected chi connectivity index (χ4v) is 2.79. The highest BCUT2D eigenvalue weighted by Crippen LogP contribution is 2.16. The number of hydrogen-bond donors (Lipinski definition) is 1. The van der Waals surface area contributed by atoms with Crippen LogP contribution in [0, 0.1) is 0 Å². The van der Waals surface area contributed by atoms with E-state index in [1.54, 1.807) is 0 Å². The molecule has 2 N–H and O–H groups in total. The monoisotopic (exact) mass is 324 g/mol. The molecule has 0 unspecified atom stereocenters. The molecule has 2 rings (SSSR count). The van der Waals surface area contributed by atoms with Crippen molar-refractivity contribution >= 4 is 17.5 Å². The van der Waals surface area contributed by atoms with Crippen LogP contribution in [-0.2, 0) is 16.0 Å². The summed E-state index contributed by atoms with van der Waals surface area (Å²) in [5, 5.41) is 0.729. The first-order valence-corrected chi connectivity index (χ1v) is 8.40. The Morgan fingerprint density at radius 3 is 2.59 bits per heavy atom. The molecule has 22 heavy (non-hydrogen) atoms. The quantitative estimate of drug-likeness (QED) is 0.784. The van der Waals surface area contributed by atoms with Crippen LogP contribution in [0.2, 0.25) is 5.02 Å². The molecule has 1 aromatic rings. The zero-order valence-corrected chi connectivity index (χ0v) is 13.7. The zero-order chi connectivity index (χ0) is 15.8. The van der Waals surface area contributed by atoms with Gasteiger partial charge in [0.2, 0.25) is 5.91 Å². The predicted molar refractivity (Wildman–Crippen MR) is 89.0 cm³/mol. The maximum atomic E-state index is 12.2. The molecule has 5 heteroatoms. The number of rotatable bonds is 7. The predicted octanol–water partition coefficient (Wildman–Crippen LogP) is 2.63. The van der Waals surface area contributed by atoms with E-state index < -0.39 is 0 Å². The number of nitrogens with zero attached hydrogens (tertiary/aromatic N) is 1. The Hall–Kier alpha value is -1.10. The second-order valence-electron chi connectivity index (χ2n) is 5.72. The third-order valence-electron chi connectivity index (χ3n) is 4.04. The van der Waals surface area contributed by atoms with E-state index in [1.165, 1.54) is 0 Å². The lowest BCUT2D eigenvalue weighted by atomic mass is 10.1. The summed E-state index contributed by atoms with van der Waals surface area (Å²) in [5.74, 6) is 0.232. The number of ether oxygens (including phenoxy) is 1. The van der Waals surface area contributed by atoms with Crippen molar-refractivity contribution in [2.45, 2.75) is 38.2 Å². The Labute approximate surface area is 137 Å². The van der Waals surface area contributed by atoms with Crippen LogP contribution in [0.5, 0.6) is 0 Å². The average Bonchev–Trinajstić information content (AvgIpc) is 2.55. The summed E-state index contributed by atoms with van der Waals surface area (Å²) in [6, 6.07) is 7.69. The molecule has 1 saturated heterocycles. The standard InChI is InChI=1S/C17H25ClN2O2/c18-15-5-2-14(3-6-15)4-7-17(21)20-11-8-16(9-12-20)22-13-1-10-19/h2-3,5-6,16H,1,4,7-13,19H2. The first-order chi connectivity index (χ1) is 10.7. The van der Waals surface area contributed by atoms with E-state index >= 15 is 0 Å². The lowest BCUT2D eigenvalue weighted by Gasteiger charge is -2.32. The zero-order valence-electron chi connectivity index (χ0n) is 13.0. The van der Waals surface area contributed by atoms with E-state index in [2.05, 4.69) is 0 Å². The minimum absolute atomic E-state index is 0.232. The van der Waals surface area contributed by atoms with Crippen LogP contribution in [-0.4, -0.2) is 43.2 Å². The van der Waals surface area contributed by atoms with Gasteiger partial charge in [-0.05, 0) is 49.9 Å². The molecule has 0 radical (unpaired) electrons. The number of nitrogens with two attached hydrogens (primary N) is 1. The third kappa shape index (κ3) is 5.59. The molecule has 1 aliphatic rings. The van der Waals surface area contributed by atoms with Gasteiger partial charge in [-0.25, -0.2) is 0 Å². The van der Waals surface area contributed by atoms with E-state index in [4.69, 9.17) is 22.1 Å². The molecular weight excluding hydrogens is 300 g/mol. The molecule has 1 amide bonds. The molecule has 0 spiro atoms. The van der Waals surface area contributed by atoms with Crippen molar-refractivity contribution in [1.29, 1.82) is 0 Å². The van der Waals surface area contributed by atoms with Crippen LogP contribution < -0.4 is 5.73 Å². The lowest BCUT2D eigenvalue weighted by Crippen LogP contribution is -2.41. The van der Waals surface area contributed by atoms with Crippen molar-refractivity contribution < 1.29 is 9.53 Å². The summed E-state index contributed by atoms with van der Waals surface area (Å²) >= 11 is 5.86. The number of hydrogen-bond acceptors (Lipinski definition) is 3. The molecule has 1 fully saturated rings. The number of carbonyl (C=O) groups excluding carboxylic acids is 1. The van der Waals surface area contributed by atoms with E-state index in [-0.39, 0.29) is 12.0 Å². The Kier molecular flexibility index (Phi) is 7.16. The van der Waals surface area contributed by atoms with Crippen LogP contribution >= 0.6 is 11.6 Å². The fourth-order valence-electron chi connectivity index (χ4n) is 2.67. The molecule has 122 valence electrons. The summed E-state index contributed by atoms with van der Waals surface area (Å²) in [6.45, 7) is 2.99. The normalized spacial score (nSPS) is 16.0. The lowest BCUT2D eigenvalue weighted by molar-refractivity contribution is -0.133. The number of carbonyl (C=O) groups is 1. The summed E-state index contributed by atoms with van der Waals surface area (Å²) in [4.78, 5) is 14.2. The van der Waals surface area contributed by atoms with Crippen LogP contribution in [0.3, 0.4) is 0 Å². The summed E-state index contributed by atoms with van der Waals surface area (Å²) in [7, 11) is 0. The van der Waals surface area contributed by atoms with E-state index in [0.29, 0.717) is 13.0 Å². The molecule has 0 bridgehead atoms. The fraction of sp³-hybridized carbons (Fsp3) is 0.588. The average molecular weight is 325 g/mol. The number of likely N-dealkylation sites (tertiary alicyclic amines) is 1. The molecule has 0 aliphatic carbocycles. The Balaban J connectivity index is 1.67. The van der Waals surface area contributed by atoms with Crippen molar-refractivity contribution in [3.8, 4) is 0 Å². The number of piperidine rings is 1. The Morgan fingerprint density at radius 1 is 1.27 bits per heavy atom. The van der Waals surface area contributed by atoms with Gasteiger partial charge in [0.05, 0.1) is 6.10 Å². The number of benzene rings is 1. The topological polar surface area (TPSA) is 55.6 Å². The highest BCUT2D eigenvalue weighted by atomic mass is 35.5. The Bertz CT molecular complexity index is 456. The van der Waals surface area contributed by atoms with E-state index in [9.17, 15) is 4.79 Å². The van der Waals surface area contributed by atoms with Crippen LogP contribution in [0.15, 0.2) is 24.3 Å². The smallest absolute Gasteiger partial charge is 0.222 e. The van der Waals surface area contributed by atoms with Crippen molar-refractivity contribution in [3.63, 3.8) is 0 Å². The first-order valence-electron chi connectivity index (χ1n) is 8.03. The molecule has 4 nitrogen and oxygen atoms in total. The van der Waals surface area contributed by atoms with Crippen molar-refractivity contribution in [3.05, 3.63) is 34.9 Å². The van der Waals surface area contributed by atoms with E-state index in [1.807, 2.05) is 29.2 Å². The molecule has 0 atom stereocenters. The van der Waals surface area contributed by atoms with Crippen LogP contribution in [0.25, 0.3) is 0 Å². The van der Waals surface area contributed by atoms with Crippen LogP contribution in [0.4, 0.5) is 0 Å². The van der Waals surface area contributed by atoms with E-state index in [0.717, 1.165) is 56.0 Å². The second kappa shape index (κ2) is 9.13. The van der Waals surface area contributed by atoms with Gasteiger partial charge < -0.3 is 15.4 Å². The van der Waals surface area contributed by atoms with Gasteiger partial charge in [-0.15, -0.1) is 0 Å². The van der Waals surface area contributed by atoms with Gasteiger partial charge in [0.15, 0.2) is 0 Å². The van der Waals surface area contributed by atoms with Crippen LogP contribution in [0.1, 0.15) is 31.2 Å². The van der Waals surface area contributed by atoms with Crippen molar-refractivity contribution in [2.24, 2.45) is 5.73 Å².